The number of ether oxygens (including phenoxy) is 2. The minimum absolute atomic E-state index is 0.168. The molecule has 2 aliphatic rings. The first-order valence-electron chi connectivity index (χ1n) is 15.5. The zero-order chi connectivity index (χ0) is 32.3. The Morgan fingerprint density at radius 2 is 1.60 bits per heavy atom. The van der Waals surface area contributed by atoms with Crippen molar-refractivity contribution < 1.29 is 37.1 Å². The Morgan fingerprint density at radius 3 is 2.14 bits per heavy atom. The molecule has 1 aliphatic heterocycles. The van der Waals surface area contributed by atoms with Gasteiger partial charge in [-0.3, -0.25) is 19.3 Å². The van der Waals surface area contributed by atoms with Crippen molar-refractivity contribution in [1.29, 1.82) is 0 Å². The summed E-state index contributed by atoms with van der Waals surface area (Å²) in [5, 5.41) is 2.74. The molecule has 0 radical (unpaired) electrons. The number of hydrogen-bond acceptors (Lipinski definition) is 8. The molecule has 0 aromatic heterocycles. The highest BCUT2D eigenvalue weighted by Crippen LogP contribution is 2.45. The van der Waals surface area contributed by atoms with Crippen molar-refractivity contribution in [3.8, 4) is 0 Å². The fourth-order valence-electron chi connectivity index (χ4n) is 5.27. The predicted octanol–water partition coefficient (Wildman–Crippen LogP) is 3.81. The van der Waals surface area contributed by atoms with E-state index in [4.69, 9.17) is 4.74 Å². The topological polar surface area (TPSA) is 151 Å². The lowest BCUT2D eigenvalue weighted by molar-refractivity contribution is -0.140. The summed E-state index contributed by atoms with van der Waals surface area (Å²) in [4.78, 5) is 51.6. The second-order valence-corrected chi connectivity index (χ2v) is 14.4. The van der Waals surface area contributed by atoms with Gasteiger partial charge in [-0.05, 0) is 52.9 Å². The Hall–Kier alpha value is -2.67. The minimum Gasteiger partial charge on any atom is -0.469 e. The largest absolute Gasteiger partial charge is 0.469 e. The van der Waals surface area contributed by atoms with Crippen molar-refractivity contribution in [2.45, 2.75) is 121 Å². The van der Waals surface area contributed by atoms with Crippen LogP contribution in [0, 0.1) is 5.92 Å². The van der Waals surface area contributed by atoms with Crippen molar-refractivity contribution in [3.63, 3.8) is 0 Å². The van der Waals surface area contributed by atoms with Crippen molar-refractivity contribution in [1.82, 2.24) is 19.2 Å². The first-order valence-corrected chi connectivity index (χ1v) is 16.9. The highest BCUT2D eigenvalue weighted by Gasteiger charge is 2.61. The molecule has 0 bridgehead atoms. The van der Waals surface area contributed by atoms with Gasteiger partial charge in [0.05, 0.1) is 7.11 Å². The average molecular weight is 629 g/mol. The zero-order valence-corrected chi connectivity index (χ0v) is 27.4. The summed E-state index contributed by atoms with van der Waals surface area (Å²) in [7, 11) is -1.30. The molecule has 1 saturated heterocycles. The molecule has 0 unspecified atom stereocenters. The molecule has 12 nitrogen and oxygen atoms in total. The van der Waals surface area contributed by atoms with Gasteiger partial charge in [-0.2, -0.15) is 12.7 Å². The Labute approximate surface area is 257 Å². The van der Waals surface area contributed by atoms with Gasteiger partial charge in [0.25, 0.3) is 5.91 Å². The molecule has 2 N–H and O–H groups in total. The lowest BCUT2D eigenvalue weighted by atomic mass is 10.1. The number of nitrogens with zero attached hydrogens (tertiary/aromatic N) is 2. The minimum atomic E-state index is -4.12. The maximum atomic E-state index is 13.3. The number of nitrogens with one attached hydrogen (secondary N) is 2. The molecule has 246 valence electrons. The highest BCUT2D eigenvalue weighted by atomic mass is 32.2. The van der Waals surface area contributed by atoms with Gasteiger partial charge in [0.15, 0.2) is 0 Å². The smallest absolute Gasteiger partial charge is 0.410 e. The van der Waals surface area contributed by atoms with E-state index in [2.05, 4.69) is 21.4 Å². The van der Waals surface area contributed by atoms with Crippen LogP contribution < -0.4 is 10.0 Å². The standard InChI is InChI=1S/C30H52N4O8S/c1-7-23-22-30(23,31-26(36)24-18-17-21-34(24)28(38)42-29(2,3)4)27(37)32-43(39,40)33(5)20-16-14-12-10-8-9-11-13-15-19-25(35)41-6/h7,23-24H,1,8-22H2,2-6H3,(H,31,36)(H,32,37)/t23-,24+,30-/m1/s1. The Kier molecular flexibility index (Phi) is 13.9. The van der Waals surface area contributed by atoms with E-state index in [1.54, 1.807) is 20.8 Å². The van der Waals surface area contributed by atoms with Crippen molar-refractivity contribution in [2.24, 2.45) is 5.92 Å². The van der Waals surface area contributed by atoms with E-state index in [0.717, 1.165) is 55.7 Å². The first-order chi connectivity index (χ1) is 20.2. The third-order valence-corrected chi connectivity index (χ3v) is 9.39. The van der Waals surface area contributed by atoms with Crippen LogP contribution in [0.4, 0.5) is 4.79 Å². The number of carbonyl (C=O) groups excluding carboxylic acids is 4. The number of likely N-dealkylation sites (tertiary alicyclic amines) is 1. The van der Waals surface area contributed by atoms with Crippen LogP contribution >= 0.6 is 0 Å². The SMILES string of the molecule is C=C[C@@H]1C[C@]1(NC(=O)[C@@H]1CCCN1C(=O)OC(C)(C)C)C(=O)NS(=O)(=O)N(C)CCCCCCCCCCCC(=O)OC. The van der Waals surface area contributed by atoms with Crippen LogP contribution in [0.5, 0.6) is 0 Å². The van der Waals surface area contributed by atoms with Gasteiger partial charge in [-0.15, -0.1) is 6.58 Å². The predicted molar refractivity (Wildman–Crippen MR) is 163 cm³/mol. The van der Waals surface area contributed by atoms with E-state index in [1.165, 1.54) is 25.1 Å². The van der Waals surface area contributed by atoms with Crippen LogP contribution in [0.25, 0.3) is 0 Å². The molecule has 0 aromatic carbocycles. The van der Waals surface area contributed by atoms with E-state index < -0.39 is 51.2 Å². The Bertz CT molecular complexity index is 1090. The second-order valence-electron chi connectivity index (χ2n) is 12.6. The Morgan fingerprint density at radius 1 is 1.02 bits per heavy atom. The maximum Gasteiger partial charge on any atom is 0.410 e. The molecule has 1 aliphatic carbocycles. The van der Waals surface area contributed by atoms with Crippen LogP contribution in [0.3, 0.4) is 0 Å². The van der Waals surface area contributed by atoms with Gasteiger partial charge in [0, 0.05) is 32.5 Å². The van der Waals surface area contributed by atoms with Crippen molar-refractivity contribution in [3.05, 3.63) is 12.7 Å². The van der Waals surface area contributed by atoms with Crippen LogP contribution in [0.15, 0.2) is 12.7 Å². The summed E-state index contributed by atoms with van der Waals surface area (Å²) in [5.41, 5.74) is -2.16. The van der Waals surface area contributed by atoms with E-state index in [-0.39, 0.29) is 18.9 Å². The van der Waals surface area contributed by atoms with Gasteiger partial charge in [0.2, 0.25) is 5.91 Å². The van der Waals surface area contributed by atoms with Crippen molar-refractivity contribution >= 4 is 34.1 Å². The number of carbonyl (C=O) groups is 4. The van der Waals surface area contributed by atoms with Gasteiger partial charge >= 0.3 is 22.3 Å². The number of methoxy groups -OCH3 is 1. The van der Waals surface area contributed by atoms with Gasteiger partial charge in [0.1, 0.15) is 17.2 Å². The molecule has 3 atom stereocenters. The molecule has 0 spiro atoms. The third kappa shape index (κ3) is 11.4. The van der Waals surface area contributed by atoms with E-state index >= 15 is 0 Å². The van der Waals surface area contributed by atoms with Gasteiger partial charge in [-0.1, -0.05) is 51.0 Å². The van der Waals surface area contributed by atoms with E-state index in [9.17, 15) is 27.6 Å². The molecule has 1 heterocycles. The lowest BCUT2D eigenvalue weighted by Gasteiger charge is -2.29. The normalized spacial score (nSPS) is 21.8. The molecule has 1 saturated carbocycles. The quantitative estimate of drug-likeness (QED) is 0.132. The maximum absolute atomic E-state index is 13.3. The summed E-state index contributed by atoms with van der Waals surface area (Å²) in [6.45, 7) is 9.57. The second kappa shape index (κ2) is 16.4. The monoisotopic (exact) mass is 628 g/mol. The summed E-state index contributed by atoms with van der Waals surface area (Å²) >= 11 is 0. The number of hydrogen-bond donors (Lipinski definition) is 2. The lowest BCUT2D eigenvalue weighted by Crippen LogP contribution is -2.57. The average Bonchev–Trinajstić information content (AvgIpc) is 3.41. The fourth-order valence-corrected chi connectivity index (χ4v) is 6.21. The fraction of sp³-hybridized carbons (Fsp3) is 0.800. The number of amides is 3. The van der Waals surface area contributed by atoms with Crippen LogP contribution in [0.2, 0.25) is 0 Å². The highest BCUT2D eigenvalue weighted by molar-refractivity contribution is 7.87. The summed E-state index contributed by atoms with van der Waals surface area (Å²) < 4.78 is 39.2. The summed E-state index contributed by atoms with van der Waals surface area (Å²) in [6.07, 6.45) is 11.3. The first kappa shape index (κ1) is 36.5. The number of rotatable bonds is 18. The van der Waals surface area contributed by atoms with E-state index in [1.807, 2.05) is 0 Å². The summed E-state index contributed by atoms with van der Waals surface area (Å²) in [6, 6.07) is -0.809. The van der Waals surface area contributed by atoms with Gasteiger partial charge < -0.3 is 14.8 Å². The zero-order valence-electron chi connectivity index (χ0n) is 26.6. The molecule has 13 heteroatoms. The molecule has 0 aromatic rings. The molecular formula is C30H52N4O8S. The number of esters is 1. The third-order valence-electron chi connectivity index (χ3n) is 7.95. The van der Waals surface area contributed by atoms with Crippen molar-refractivity contribution in [2.75, 3.05) is 27.2 Å². The summed E-state index contributed by atoms with van der Waals surface area (Å²) in [5.74, 6) is -1.93. The van der Waals surface area contributed by atoms with Crippen LogP contribution in [0.1, 0.15) is 104 Å². The van der Waals surface area contributed by atoms with Crippen LogP contribution in [-0.2, 0) is 34.1 Å². The van der Waals surface area contributed by atoms with Crippen LogP contribution in [-0.4, -0.2) is 85.9 Å². The Balaban J connectivity index is 1.79. The molecule has 3 amide bonds. The van der Waals surface area contributed by atoms with Gasteiger partial charge in [-0.25, -0.2) is 9.52 Å². The molecule has 2 rings (SSSR count). The molecule has 2 fully saturated rings. The molecule has 43 heavy (non-hydrogen) atoms. The number of unbranched alkanes of at least 4 members (excludes halogenated alkanes) is 8. The molecular weight excluding hydrogens is 576 g/mol. The van der Waals surface area contributed by atoms with E-state index in [0.29, 0.717) is 32.2 Å².